The standard InChI is InChI=1S/C17H20N8/c1-24-10-21-14-12(24)8-20-16(23-14)25-6-2-4-17(9-25)5-3-11-7-19-15(18)22-13(11)17/h7-8,10H,2-6,9H2,1H3,(H2,18,19,22). The molecule has 0 aromatic carbocycles. The zero-order valence-electron chi connectivity index (χ0n) is 14.2. The molecule has 1 aliphatic carbocycles. The lowest BCUT2D eigenvalue weighted by Gasteiger charge is -2.40. The van der Waals surface area contributed by atoms with Crippen LogP contribution in [-0.2, 0) is 18.9 Å². The lowest BCUT2D eigenvalue weighted by atomic mass is 9.77. The molecular formula is C17H20N8. The Bertz CT molecular complexity index is 960. The fourth-order valence-electron chi connectivity index (χ4n) is 4.31. The van der Waals surface area contributed by atoms with Crippen LogP contribution in [0, 0.1) is 0 Å². The Hall–Kier alpha value is -2.77. The first kappa shape index (κ1) is 14.6. The number of nitrogens with zero attached hydrogens (tertiary/aromatic N) is 7. The van der Waals surface area contributed by atoms with Gasteiger partial charge in [-0.2, -0.15) is 4.98 Å². The minimum absolute atomic E-state index is 0.0348. The number of piperidine rings is 1. The average molecular weight is 336 g/mol. The largest absolute Gasteiger partial charge is 0.368 e. The first-order chi connectivity index (χ1) is 12.1. The quantitative estimate of drug-likeness (QED) is 0.713. The van der Waals surface area contributed by atoms with Gasteiger partial charge < -0.3 is 15.2 Å². The predicted octanol–water partition coefficient (Wildman–Crippen LogP) is 1.22. The maximum atomic E-state index is 5.86. The molecule has 5 rings (SSSR count). The Morgan fingerprint density at radius 2 is 2.04 bits per heavy atom. The molecule has 2 N–H and O–H groups in total. The van der Waals surface area contributed by atoms with Crippen molar-refractivity contribution in [3.8, 4) is 0 Å². The van der Waals surface area contributed by atoms with E-state index >= 15 is 0 Å². The van der Waals surface area contributed by atoms with Crippen molar-refractivity contribution in [2.75, 3.05) is 23.7 Å². The van der Waals surface area contributed by atoms with Gasteiger partial charge >= 0.3 is 0 Å². The van der Waals surface area contributed by atoms with Crippen molar-refractivity contribution in [2.45, 2.75) is 31.1 Å². The van der Waals surface area contributed by atoms with Crippen molar-refractivity contribution in [2.24, 2.45) is 7.05 Å². The van der Waals surface area contributed by atoms with Gasteiger partial charge in [0.15, 0.2) is 5.65 Å². The number of hydrogen-bond acceptors (Lipinski definition) is 7. The fraction of sp³-hybridized carbons (Fsp3) is 0.471. The Balaban J connectivity index is 1.51. The summed E-state index contributed by atoms with van der Waals surface area (Å²) < 4.78 is 1.93. The summed E-state index contributed by atoms with van der Waals surface area (Å²) in [6, 6.07) is 0. The van der Waals surface area contributed by atoms with E-state index in [1.165, 1.54) is 5.56 Å². The molecule has 0 bridgehead atoms. The molecule has 8 heteroatoms. The summed E-state index contributed by atoms with van der Waals surface area (Å²) >= 11 is 0. The molecule has 1 saturated heterocycles. The van der Waals surface area contributed by atoms with Gasteiger partial charge in [0.2, 0.25) is 11.9 Å². The lowest BCUT2D eigenvalue weighted by molar-refractivity contribution is 0.332. The van der Waals surface area contributed by atoms with Crippen LogP contribution in [0.1, 0.15) is 30.5 Å². The average Bonchev–Trinajstić information content (AvgIpc) is 3.16. The summed E-state index contributed by atoms with van der Waals surface area (Å²) in [6.45, 7) is 1.82. The van der Waals surface area contributed by atoms with Gasteiger partial charge in [-0.1, -0.05) is 0 Å². The van der Waals surface area contributed by atoms with E-state index < -0.39 is 0 Å². The molecule has 0 radical (unpaired) electrons. The van der Waals surface area contributed by atoms with Crippen LogP contribution in [0.25, 0.3) is 11.2 Å². The Labute approximate surface area is 145 Å². The van der Waals surface area contributed by atoms with Crippen LogP contribution in [0.3, 0.4) is 0 Å². The zero-order chi connectivity index (χ0) is 17.0. The highest BCUT2D eigenvalue weighted by atomic mass is 15.3. The predicted molar refractivity (Wildman–Crippen MR) is 94.2 cm³/mol. The topological polar surface area (TPSA) is 98.6 Å². The summed E-state index contributed by atoms with van der Waals surface area (Å²) in [5.41, 5.74) is 9.94. The first-order valence-corrected chi connectivity index (χ1v) is 8.66. The highest BCUT2D eigenvalue weighted by Crippen LogP contribution is 2.44. The van der Waals surface area contributed by atoms with Crippen LogP contribution in [0.2, 0.25) is 0 Å². The van der Waals surface area contributed by atoms with Gasteiger partial charge in [-0.05, 0) is 31.2 Å². The summed E-state index contributed by atoms with van der Waals surface area (Å²) in [6.07, 6.45) is 9.84. The monoisotopic (exact) mass is 336 g/mol. The molecule has 1 atom stereocenters. The van der Waals surface area contributed by atoms with Gasteiger partial charge in [0.05, 0.1) is 18.2 Å². The Kier molecular flexibility index (Phi) is 2.98. The third kappa shape index (κ3) is 2.16. The molecule has 8 nitrogen and oxygen atoms in total. The zero-order valence-corrected chi connectivity index (χ0v) is 14.2. The van der Waals surface area contributed by atoms with Crippen LogP contribution in [-0.4, -0.2) is 42.6 Å². The molecule has 128 valence electrons. The highest BCUT2D eigenvalue weighted by Gasteiger charge is 2.44. The Morgan fingerprint density at radius 3 is 2.96 bits per heavy atom. The van der Waals surface area contributed by atoms with Crippen LogP contribution in [0.5, 0.6) is 0 Å². The third-order valence-electron chi connectivity index (χ3n) is 5.59. The van der Waals surface area contributed by atoms with Gasteiger partial charge in [-0.15, -0.1) is 0 Å². The maximum Gasteiger partial charge on any atom is 0.227 e. The smallest absolute Gasteiger partial charge is 0.227 e. The highest BCUT2D eigenvalue weighted by molar-refractivity contribution is 5.71. The molecular weight excluding hydrogens is 316 g/mol. The molecule has 0 saturated carbocycles. The molecule has 3 aromatic rings. The number of aromatic nitrogens is 6. The summed E-state index contributed by atoms with van der Waals surface area (Å²) in [5, 5.41) is 0. The Morgan fingerprint density at radius 1 is 1.12 bits per heavy atom. The van der Waals surface area contributed by atoms with E-state index in [0.717, 1.165) is 61.6 Å². The SMILES string of the molecule is Cn1cnc2nc(N3CCCC4(CCc5cnc(N)nc54)C3)ncc21. The second-order valence-corrected chi connectivity index (χ2v) is 7.14. The number of fused-ring (bicyclic) bond motifs is 3. The number of hydrogen-bond donors (Lipinski definition) is 1. The van der Waals surface area contributed by atoms with Gasteiger partial charge in [0.1, 0.15) is 5.52 Å². The maximum absolute atomic E-state index is 5.86. The second-order valence-electron chi connectivity index (χ2n) is 7.14. The van der Waals surface area contributed by atoms with Gasteiger partial charge in [0.25, 0.3) is 0 Å². The number of nitrogen functional groups attached to an aromatic ring is 1. The second kappa shape index (κ2) is 5.11. The van der Waals surface area contributed by atoms with E-state index in [1.807, 2.05) is 24.0 Å². The summed E-state index contributed by atoms with van der Waals surface area (Å²) in [4.78, 5) is 24.6. The van der Waals surface area contributed by atoms with E-state index in [2.05, 4.69) is 29.8 Å². The molecule has 1 aliphatic heterocycles. The molecule has 4 heterocycles. The number of nitrogens with two attached hydrogens (primary N) is 1. The van der Waals surface area contributed by atoms with E-state index in [4.69, 9.17) is 5.73 Å². The van der Waals surface area contributed by atoms with Crippen molar-refractivity contribution in [3.05, 3.63) is 30.0 Å². The van der Waals surface area contributed by atoms with Crippen LogP contribution in [0.15, 0.2) is 18.7 Å². The summed E-state index contributed by atoms with van der Waals surface area (Å²) in [7, 11) is 1.95. The molecule has 25 heavy (non-hydrogen) atoms. The van der Waals surface area contributed by atoms with Gasteiger partial charge in [-0.25, -0.2) is 19.9 Å². The van der Waals surface area contributed by atoms with Crippen molar-refractivity contribution in [1.82, 2.24) is 29.5 Å². The molecule has 2 aliphatic rings. The third-order valence-corrected chi connectivity index (χ3v) is 5.59. The van der Waals surface area contributed by atoms with Gasteiger partial charge in [0, 0.05) is 31.7 Å². The van der Waals surface area contributed by atoms with Crippen LogP contribution in [0.4, 0.5) is 11.9 Å². The molecule has 1 unspecified atom stereocenters. The molecule has 0 amide bonds. The normalized spacial score (nSPS) is 22.7. The van der Waals surface area contributed by atoms with Crippen molar-refractivity contribution < 1.29 is 0 Å². The van der Waals surface area contributed by atoms with Crippen molar-refractivity contribution in [3.63, 3.8) is 0 Å². The molecule has 1 spiro atoms. The van der Waals surface area contributed by atoms with Crippen molar-refractivity contribution in [1.29, 1.82) is 0 Å². The minimum Gasteiger partial charge on any atom is -0.368 e. The number of aryl methyl sites for hydroxylation is 2. The van der Waals surface area contributed by atoms with Gasteiger partial charge in [-0.3, -0.25) is 0 Å². The van der Waals surface area contributed by atoms with Crippen molar-refractivity contribution >= 4 is 23.1 Å². The van der Waals surface area contributed by atoms with E-state index in [9.17, 15) is 0 Å². The molecule has 3 aromatic heterocycles. The minimum atomic E-state index is 0.0348. The van der Waals surface area contributed by atoms with Crippen LogP contribution < -0.4 is 10.6 Å². The number of rotatable bonds is 1. The number of anilines is 2. The van der Waals surface area contributed by atoms with Crippen LogP contribution >= 0.6 is 0 Å². The molecule has 1 fully saturated rings. The summed E-state index contributed by atoms with van der Waals surface area (Å²) in [5.74, 6) is 1.11. The van der Waals surface area contributed by atoms with E-state index in [-0.39, 0.29) is 5.41 Å². The fourth-order valence-corrected chi connectivity index (χ4v) is 4.31. The lowest BCUT2D eigenvalue weighted by Crippen LogP contribution is -2.46. The van der Waals surface area contributed by atoms with E-state index in [1.54, 1.807) is 6.33 Å². The van der Waals surface area contributed by atoms with E-state index in [0.29, 0.717) is 5.95 Å². The first-order valence-electron chi connectivity index (χ1n) is 8.66. The number of imidazole rings is 1.